The maximum absolute atomic E-state index is 12.8. The molecule has 180 valence electrons. The van der Waals surface area contributed by atoms with Gasteiger partial charge < -0.3 is 15.2 Å². The lowest BCUT2D eigenvalue weighted by molar-refractivity contribution is -0.148. The summed E-state index contributed by atoms with van der Waals surface area (Å²) in [4.78, 5) is 36.9. The number of anilines is 1. The Hall–Kier alpha value is -3.93. The Balaban J connectivity index is 1.36. The second-order valence-electron chi connectivity index (χ2n) is 9.12. The van der Waals surface area contributed by atoms with Crippen molar-refractivity contribution in [1.82, 2.24) is 0 Å². The van der Waals surface area contributed by atoms with Crippen LogP contribution in [0.1, 0.15) is 48.0 Å². The molecule has 6 heteroatoms. The second kappa shape index (κ2) is 10.6. The fourth-order valence-electron chi connectivity index (χ4n) is 4.66. The number of Topliss-reactive ketones (excluding diaryl/α,β-unsaturated/α-hetero) is 1. The van der Waals surface area contributed by atoms with Crippen LogP contribution in [-0.4, -0.2) is 29.9 Å². The van der Waals surface area contributed by atoms with E-state index in [4.69, 9.17) is 4.74 Å². The molecule has 1 aliphatic carbocycles. The van der Waals surface area contributed by atoms with Crippen LogP contribution in [0.2, 0.25) is 0 Å². The Kier molecular flexibility index (Phi) is 7.30. The number of ether oxygens (including phenoxy) is 1. The highest BCUT2D eigenvalue weighted by atomic mass is 16.5. The molecule has 1 amide bonds. The van der Waals surface area contributed by atoms with Gasteiger partial charge in [0.2, 0.25) is 5.91 Å². The molecule has 2 N–H and O–H groups in total. The van der Waals surface area contributed by atoms with Crippen molar-refractivity contribution >= 4 is 23.3 Å². The van der Waals surface area contributed by atoms with Crippen LogP contribution in [0, 0.1) is 5.41 Å². The SMILES string of the molecule is COc1ccc(CC(=O)Nc2ccc(-c3ccc(C(=O)CC4(C(=O)O)CCCC4)cc3)cc2)cc1. The van der Waals surface area contributed by atoms with Gasteiger partial charge in [-0.2, -0.15) is 0 Å². The van der Waals surface area contributed by atoms with Crippen LogP contribution in [0.5, 0.6) is 5.75 Å². The van der Waals surface area contributed by atoms with Gasteiger partial charge in [-0.1, -0.05) is 61.4 Å². The Morgan fingerprint density at radius 1 is 0.857 bits per heavy atom. The molecule has 1 fully saturated rings. The minimum Gasteiger partial charge on any atom is -0.497 e. The summed E-state index contributed by atoms with van der Waals surface area (Å²) in [6.07, 6.45) is 3.16. The van der Waals surface area contributed by atoms with Crippen LogP contribution in [-0.2, 0) is 16.0 Å². The number of benzene rings is 3. The molecule has 35 heavy (non-hydrogen) atoms. The summed E-state index contributed by atoms with van der Waals surface area (Å²) < 4.78 is 5.14. The van der Waals surface area contributed by atoms with E-state index in [9.17, 15) is 19.5 Å². The average Bonchev–Trinajstić information content (AvgIpc) is 3.35. The number of rotatable bonds is 9. The van der Waals surface area contributed by atoms with Crippen molar-refractivity contribution in [3.8, 4) is 16.9 Å². The van der Waals surface area contributed by atoms with Crippen LogP contribution in [0.4, 0.5) is 5.69 Å². The van der Waals surface area contributed by atoms with E-state index in [1.807, 2.05) is 60.7 Å². The third-order valence-corrected chi connectivity index (χ3v) is 6.75. The van der Waals surface area contributed by atoms with E-state index in [1.165, 1.54) is 0 Å². The number of carbonyl (C=O) groups is 3. The van der Waals surface area contributed by atoms with E-state index in [-0.39, 0.29) is 24.5 Å². The minimum atomic E-state index is -0.913. The molecule has 0 saturated heterocycles. The monoisotopic (exact) mass is 471 g/mol. The van der Waals surface area contributed by atoms with Gasteiger partial charge in [-0.05, 0) is 53.8 Å². The quantitative estimate of drug-likeness (QED) is 0.387. The lowest BCUT2D eigenvalue weighted by atomic mass is 9.80. The summed E-state index contributed by atoms with van der Waals surface area (Å²) in [5.74, 6) is -0.348. The summed E-state index contributed by atoms with van der Waals surface area (Å²) in [6, 6.07) is 22.2. The molecule has 3 aromatic carbocycles. The molecule has 0 bridgehead atoms. The summed E-state index contributed by atoms with van der Waals surface area (Å²) in [5.41, 5.74) is 3.11. The molecule has 4 rings (SSSR count). The third kappa shape index (κ3) is 5.77. The van der Waals surface area contributed by atoms with Crippen molar-refractivity contribution in [3.63, 3.8) is 0 Å². The Morgan fingerprint density at radius 2 is 1.43 bits per heavy atom. The van der Waals surface area contributed by atoms with Gasteiger partial charge in [-0.15, -0.1) is 0 Å². The van der Waals surface area contributed by atoms with Crippen LogP contribution in [0.15, 0.2) is 72.8 Å². The predicted molar refractivity (Wildman–Crippen MR) is 135 cm³/mol. The van der Waals surface area contributed by atoms with E-state index in [2.05, 4.69) is 5.32 Å². The van der Waals surface area contributed by atoms with E-state index in [0.717, 1.165) is 35.3 Å². The fourth-order valence-corrected chi connectivity index (χ4v) is 4.66. The molecule has 0 unspecified atom stereocenters. The van der Waals surface area contributed by atoms with Crippen LogP contribution >= 0.6 is 0 Å². The molecule has 3 aromatic rings. The highest BCUT2D eigenvalue weighted by Crippen LogP contribution is 2.42. The zero-order valence-corrected chi connectivity index (χ0v) is 19.8. The highest BCUT2D eigenvalue weighted by molar-refractivity contribution is 5.99. The molecule has 0 aromatic heterocycles. The Bertz CT molecular complexity index is 1190. The van der Waals surface area contributed by atoms with Crippen LogP contribution < -0.4 is 10.1 Å². The van der Waals surface area contributed by atoms with E-state index in [0.29, 0.717) is 24.1 Å². The average molecular weight is 472 g/mol. The molecular formula is C29H29NO5. The van der Waals surface area contributed by atoms with Crippen molar-refractivity contribution < 1.29 is 24.2 Å². The molecule has 0 heterocycles. The van der Waals surface area contributed by atoms with Crippen molar-refractivity contribution in [2.75, 3.05) is 12.4 Å². The van der Waals surface area contributed by atoms with Gasteiger partial charge in [0.05, 0.1) is 18.9 Å². The second-order valence-corrected chi connectivity index (χ2v) is 9.12. The number of aliphatic carboxylic acids is 1. The number of carboxylic acid groups (broad SMARTS) is 1. The number of hydrogen-bond acceptors (Lipinski definition) is 4. The Labute approximate surface area is 204 Å². The summed E-state index contributed by atoms with van der Waals surface area (Å²) >= 11 is 0. The number of nitrogens with one attached hydrogen (secondary N) is 1. The van der Waals surface area contributed by atoms with Gasteiger partial charge in [0.1, 0.15) is 5.75 Å². The van der Waals surface area contributed by atoms with Gasteiger partial charge in [0, 0.05) is 17.7 Å². The first-order chi connectivity index (χ1) is 16.9. The van der Waals surface area contributed by atoms with E-state index in [1.54, 1.807) is 19.2 Å². The van der Waals surface area contributed by atoms with Crippen molar-refractivity contribution in [3.05, 3.63) is 83.9 Å². The van der Waals surface area contributed by atoms with Crippen molar-refractivity contribution in [2.45, 2.75) is 38.5 Å². The normalized spacial score (nSPS) is 14.3. The van der Waals surface area contributed by atoms with Gasteiger partial charge in [0.15, 0.2) is 5.78 Å². The Morgan fingerprint density at radius 3 is 1.97 bits per heavy atom. The fraction of sp³-hybridized carbons (Fsp3) is 0.276. The zero-order chi connectivity index (χ0) is 24.8. The number of methoxy groups -OCH3 is 1. The van der Waals surface area contributed by atoms with Gasteiger partial charge in [0.25, 0.3) is 0 Å². The number of ketones is 1. The number of carbonyl (C=O) groups excluding carboxylic acids is 2. The van der Waals surface area contributed by atoms with Gasteiger partial charge in [-0.25, -0.2) is 0 Å². The largest absolute Gasteiger partial charge is 0.497 e. The van der Waals surface area contributed by atoms with Gasteiger partial charge in [-0.3, -0.25) is 14.4 Å². The number of hydrogen-bond donors (Lipinski definition) is 2. The summed E-state index contributed by atoms with van der Waals surface area (Å²) in [5, 5.41) is 12.5. The first-order valence-corrected chi connectivity index (χ1v) is 11.8. The topological polar surface area (TPSA) is 92.7 Å². The van der Waals surface area contributed by atoms with Crippen LogP contribution in [0.25, 0.3) is 11.1 Å². The summed E-state index contributed by atoms with van der Waals surface area (Å²) in [7, 11) is 1.60. The van der Waals surface area contributed by atoms with Crippen molar-refractivity contribution in [1.29, 1.82) is 0 Å². The van der Waals surface area contributed by atoms with E-state index < -0.39 is 11.4 Å². The number of amides is 1. The number of carboxylic acids is 1. The summed E-state index contributed by atoms with van der Waals surface area (Å²) in [6.45, 7) is 0. The predicted octanol–water partition coefficient (Wildman–Crippen LogP) is 5.76. The highest BCUT2D eigenvalue weighted by Gasteiger charge is 2.42. The molecular weight excluding hydrogens is 442 g/mol. The molecule has 0 spiro atoms. The molecule has 0 atom stereocenters. The van der Waals surface area contributed by atoms with Crippen LogP contribution in [0.3, 0.4) is 0 Å². The molecule has 0 radical (unpaired) electrons. The smallest absolute Gasteiger partial charge is 0.310 e. The molecule has 6 nitrogen and oxygen atoms in total. The van der Waals surface area contributed by atoms with E-state index >= 15 is 0 Å². The molecule has 1 aliphatic rings. The maximum Gasteiger partial charge on any atom is 0.310 e. The third-order valence-electron chi connectivity index (χ3n) is 6.75. The lowest BCUT2D eigenvalue weighted by Gasteiger charge is -2.22. The lowest BCUT2D eigenvalue weighted by Crippen LogP contribution is -2.30. The molecule has 0 aliphatic heterocycles. The standard InChI is InChI=1S/C29H29NO5/c1-35-25-14-4-20(5-15-25)18-27(32)30-24-12-10-22(11-13-24)21-6-8-23(9-7-21)26(31)19-29(28(33)34)16-2-3-17-29/h4-15H,2-3,16-19H2,1H3,(H,30,32)(H,33,34). The first-order valence-electron chi connectivity index (χ1n) is 11.8. The molecule has 1 saturated carbocycles. The maximum atomic E-state index is 12.8. The van der Waals surface area contributed by atoms with Crippen molar-refractivity contribution in [2.24, 2.45) is 5.41 Å². The zero-order valence-electron chi connectivity index (χ0n) is 19.8. The van der Waals surface area contributed by atoms with Gasteiger partial charge >= 0.3 is 5.97 Å². The first kappa shape index (κ1) is 24.2. The minimum absolute atomic E-state index is 0.0482.